The van der Waals surface area contributed by atoms with Crippen molar-refractivity contribution in [3.8, 4) is 0 Å². The summed E-state index contributed by atoms with van der Waals surface area (Å²) in [5.41, 5.74) is 0. The maximum absolute atomic E-state index is 12.2. The number of amides is 1. The smallest absolute Gasteiger partial charge is 0.293 e. The molecule has 2 unspecified atom stereocenters. The lowest BCUT2D eigenvalue weighted by atomic mass is 10.2. The SMILES string of the molecule is CCc1nc(C(=O)N2CC(C)OCC2C)n[nH]1. The van der Waals surface area contributed by atoms with E-state index in [-0.39, 0.29) is 23.9 Å². The van der Waals surface area contributed by atoms with Gasteiger partial charge in [0.1, 0.15) is 5.82 Å². The lowest BCUT2D eigenvalue weighted by Crippen LogP contribution is -2.50. The average Bonchev–Trinajstić information content (AvgIpc) is 2.80. The van der Waals surface area contributed by atoms with Crippen LogP contribution in [0, 0.1) is 0 Å². The minimum atomic E-state index is -0.122. The number of ether oxygens (including phenoxy) is 1. The first-order valence-corrected chi connectivity index (χ1v) is 5.95. The number of hydrogen-bond donors (Lipinski definition) is 1. The molecule has 2 heterocycles. The molecule has 1 amide bonds. The molecular weight excluding hydrogens is 220 g/mol. The molecule has 1 aromatic rings. The van der Waals surface area contributed by atoms with Crippen LogP contribution in [0.1, 0.15) is 37.2 Å². The van der Waals surface area contributed by atoms with E-state index in [0.29, 0.717) is 13.2 Å². The number of aryl methyl sites for hydroxylation is 1. The van der Waals surface area contributed by atoms with Gasteiger partial charge in [0, 0.05) is 13.0 Å². The summed E-state index contributed by atoms with van der Waals surface area (Å²) in [5.74, 6) is 0.869. The molecule has 0 aliphatic carbocycles. The Bertz CT molecular complexity index is 404. The largest absolute Gasteiger partial charge is 0.375 e. The van der Waals surface area contributed by atoms with Crippen molar-refractivity contribution < 1.29 is 9.53 Å². The van der Waals surface area contributed by atoms with Crippen LogP contribution in [-0.4, -0.2) is 51.3 Å². The van der Waals surface area contributed by atoms with Crippen LogP contribution in [0.2, 0.25) is 0 Å². The minimum Gasteiger partial charge on any atom is -0.375 e. The van der Waals surface area contributed by atoms with Crippen molar-refractivity contribution >= 4 is 5.91 Å². The lowest BCUT2D eigenvalue weighted by molar-refractivity contribution is -0.0391. The molecule has 1 N–H and O–H groups in total. The van der Waals surface area contributed by atoms with Crippen molar-refractivity contribution in [3.05, 3.63) is 11.6 Å². The first-order chi connectivity index (χ1) is 8.11. The van der Waals surface area contributed by atoms with Gasteiger partial charge in [-0.3, -0.25) is 9.89 Å². The highest BCUT2D eigenvalue weighted by Gasteiger charge is 2.30. The van der Waals surface area contributed by atoms with E-state index in [1.807, 2.05) is 20.8 Å². The van der Waals surface area contributed by atoms with Crippen LogP contribution < -0.4 is 0 Å². The van der Waals surface area contributed by atoms with Crippen molar-refractivity contribution in [3.63, 3.8) is 0 Å². The number of nitrogens with one attached hydrogen (secondary N) is 1. The molecule has 1 aliphatic heterocycles. The lowest BCUT2D eigenvalue weighted by Gasteiger charge is -2.36. The molecule has 6 heteroatoms. The Labute approximate surface area is 100 Å². The highest BCUT2D eigenvalue weighted by Crippen LogP contribution is 2.13. The third-order valence-corrected chi connectivity index (χ3v) is 2.93. The summed E-state index contributed by atoms with van der Waals surface area (Å²) in [6, 6.07) is 0.0716. The van der Waals surface area contributed by atoms with Crippen LogP contribution in [0.4, 0.5) is 0 Å². The van der Waals surface area contributed by atoms with E-state index in [2.05, 4.69) is 15.2 Å². The summed E-state index contributed by atoms with van der Waals surface area (Å²) in [7, 11) is 0. The molecule has 1 aliphatic rings. The van der Waals surface area contributed by atoms with Crippen LogP contribution in [0.5, 0.6) is 0 Å². The van der Waals surface area contributed by atoms with Crippen molar-refractivity contribution in [1.82, 2.24) is 20.1 Å². The van der Waals surface area contributed by atoms with Crippen LogP contribution in [0.3, 0.4) is 0 Å². The molecule has 1 fully saturated rings. The summed E-state index contributed by atoms with van der Waals surface area (Å²) < 4.78 is 5.49. The normalized spacial score (nSPS) is 25.0. The molecule has 2 atom stereocenters. The molecule has 0 spiro atoms. The fourth-order valence-corrected chi connectivity index (χ4v) is 1.86. The molecule has 0 saturated carbocycles. The molecule has 94 valence electrons. The van der Waals surface area contributed by atoms with Crippen LogP contribution in [0.25, 0.3) is 0 Å². The summed E-state index contributed by atoms with van der Waals surface area (Å²) in [6.07, 6.45) is 0.815. The topological polar surface area (TPSA) is 71.1 Å². The zero-order valence-corrected chi connectivity index (χ0v) is 10.4. The standard InChI is InChI=1S/C11H18N4O2/c1-4-9-12-10(14-13-9)11(16)15-5-8(3)17-6-7(15)2/h7-8H,4-6H2,1-3H3,(H,12,13,14). The predicted molar refractivity (Wildman–Crippen MR) is 61.7 cm³/mol. The number of H-pyrrole nitrogens is 1. The Morgan fingerprint density at radius 2 is 2.35 bits per heavy atom. The fraction of sp³-hybridized carbons (Fsp3) is 0.727. The molecule has 1 saturated heterocycles. The number of hydrogen-bond acceptors (Lipinski definition) is 4. The molecule has 0 radical (unpaired) electrons. The van der Waals surface area contributed by atoms with E-state index in [9.17, 15) is 4.79 Å². The Morgan fingerprint density at radius 1 is 1.59 bits per heavy atom. The van der Waals surface area contributed by atoms with Gasteiger partial charge >= 0.3 is 0 Å². The summed E-state index contributed by atoms with van der Waals surface area (Å²) >= 11 is 0. The Kier molecular flexibility index (Phi) is 3.42. The Balaban J connectivity index is 2.12. The van der Waals surface area contributed by atoms with Crippen LogP contribution in [-0.2, 0) is 11.2 Å². The third kappa shape index (κ3) is 2.46. The molecule has 1 aromatic heterocycles. The third-order valence-electron chi connectivity index (χ3n) is 2.93. The van der Waals surface area contributed by atoms with Crippen molar-refractivity contribution in [2.24, 2.45) is 0 Å². The van der Waals surface area contributed by atoms with Gasteiger partial charge < -0.3 is 9.64 Å². The highest BCUT2D eigenvalue weighted by atomic mass is 16.5. The second kappa shape index (κ2) is 4.83. The van der Waals surface area contributed by atoms with Gasteiger partial charge in [0.15, 0.2) is 0 Å². The molecule has 0 aromatic carbocycles. The van der Waals surface area contributed by atoms with Crippen molar-refractivity contribution in [2.75, 3.05) is 13.2 Å². The maximum Gasteiger partial charge on any atom is 0.293 e. The van der Waals surface area contributed by atoms with Gasteiger partial charge in [0.2, 0.25) is 5.82 Å². The first kappa shape index (κ1) is 12.0. The van der Waals surface area contributed by atoms with Gasteiger partial charge in [0.25, 0.3) is 5.91 Å². The van der Waals surface area contributed by atoms with Gasteiger partial charge in [-0.05, 0) is 13.8 Å². The molecule has 6 nitrogen and oxygen atoms in total. The maximum atomic E-state index is 12.2. The monoisotopic (exact) mass is 238 g/mol. The summed E-state index contributed by atoms with van der Waals surface area (Å²) in [5, 5.41) is 6.72. The fourth-order valence-electron chi connectivity index (χ4n) is 1.86. The Hall–Kier alpha value is -1.43. The van der Waals surface area contributed by atoms with E-state index in [0.717, 1.165) is 12.2 Å². The van der Waals surface area contributed by atoms with Gasteiger partial charge in [0.05, 0.1) is 18.8 Å². The minimum absolute atomic E-state index is 0.0692. The van der Waals surface area contributed by atoms with Crippen LogP contribution in [0.15, 0.2) is 0 Å². The van der Waals surface area contributed by atoms with Crippen molar-refractivity contribution in [2.45, 2.75) is 39.3 Å². The zero-order valence-electron chi connectivity index (χ0n) is 10.4. The van der Waals surface area contributed by atoms with E-state index in [1.54, 1.807) is 4.90 Å². The van der Waals surface area contributed by atoms with Gasteiger partial charge in [-0.1, -0.05) is 6.92 Å². The number of morpholine rings is 1. The second-order valence-electron chi connectivity index (χ2n) is 4.41. The molecule has 2 rings (SSSR count). The second-order valence-corrected chi connectivity index (χ2v) is 4.41. The van der Waals surface area contributed by atoms with E-state index < -0.39 is 0 Å². The first-order valence-electron chi connectivity index (χ1n) is 5.95. The summed E-state index contributed by atoms with van der Waals surface area (Å²) in [6.45, 7) is 7.06. The van der Waals surface area contributed by atoms with E-state index in [4.69, 9.17) is 4.74 Å². The molecule has 17 heavy (non-hydrogen) atoms. The van der Waals surface area contributed by atoms with Gasteiger partial charge in [-0.25, -0.2) is 4.98 Å². The van der Waals surface area contributed by atoms with Crippen molar-refractivity contribution in [1.29, 1.82) is 0 Å². The number of carbonyl (C=O) groups is 1. The molecular formula is C11H18N4O2. The highest BCUT2D eigenvalue weighted by molar-refractivity contribution is 5.90. The molecule has 0 bridgehead atoms. The number of aromatic nitrogens is 3. The quantitative estimate of drug-likeness (QED) is 0.819. The predicted octanol–water partition coefficient (Wildman–Crippen LogP) is 0.616. The number of nitrogens with zero attached hydrogens (tertiary/aromatic N) is 3. The van der Waals surface area contributed by atoms with Crippen LogP contribution >= 0.6 is 0 Å². The summed E-state index contributed by atoms with van der Waals surface area (Å²) in [4.78, 5) is 18.1. The van der Waals surface area contributed by atoms with E-state index >= 15 is 0 Å². The Morgan fingerprint density at radius 3 is 3.00 bits per heavy atom. The average molecular weight is 238 g/mol. The van der Waals surface area contributed by atoms with Gasteiger partial charge in [-0.2, -0.15) is 0 Å². The van der Waals surface area contributed by atoms with E-state index in [1.165, 1.54) is 0 Å². The number of carbonyl (C=O) groups excluding carboxylic acids is 1. The number of aromatic amines is 1. The van der Waals surface area contributed by atoms with Gasteiger partial charge in [-0.15, -0.1) is 5.10 Å². The zero-order chi connectivity index (χ0) is 12.4. The number of rotatable bonds is 2.